The summed E-state index contributed by atoms with van der Waals surface area (Å²) in [6.07, 6.45) is 0.783. The van der Waals surface area contributed by atoms with Crippen molar-refractivity contribution in [3.8, 4) is 5.75 Å². The molecule has 0 heterocycles. The minimum Gasteiger partial charge on any atom is -0.497 e. The zero-order valence-corrected chi connectivity index (χ0v) is 11.6. The smallest absolute Gasteiger partial charge is 0.118 e. The van der Waals surface area contributed by atoms with E-state index in [1.54, 1.807) is 7.11 Å². The fourth-order valence-electron chi connectivity index (χ4n) is 1.76. The predicted octanol–water partition coefficient (Wildman–Crippen LogP) is 4.87. The third kappa shape index (κ3) is 3.41. The van der Waals surface area contributed by atoms with Crippen molar-refractivity contribution in [3.63, 3.8) is 0 Å². The molecule has 0 radical (unpaired) electrons. The highest BCUT2D eigenvalue weighted by Crippen LogP contribution is 2.27. The van der Waals surface area contributed by atoms with Crippen molar-refractivity contribution in [1.29, 1.82) is 0 Å². The maximum Gasteiger partial charge on any atom is 0.118 e. The van der Waals surface area contributed by atoms with E-state index in [1.807, 2.05) is 48.5 Å². The summed E-state index contributed by atoms with van der Waals surface area (Å²) in [5.41, 5.74) is 2.27. The molecule has 0 aromatic heterocycles. The predicted molar refractivity (Wildman–Crippen MR) is 76.7 cm³/mol. The Morgan fingerprint density at radius 2 is 1.61 bits per heavy atom. The molecular formula is C15H14Cl2O. The molecule has 3 heteroatoms. The average molecular weight is 281 g/mol. The number of benzene rings is 2. The van der Waals surface area contributed by atoms with Crippen molar-refractivity contribution in [2.24, 2.45) is 0 Å². The number of alkyl halides is 1. The Hall–Kier alpha value is -1.18. The molecule has 1 unspecified atom stereocenters. The van der Waals surface area contributed by atoms with Gasteiger partial charge in [-0.1, -0.05) is 35.9 Å². The second-order valence-corrected chi connectivity index (χ2v) is 5.03. The summed E-state index contributed by atoms with van der Waals surface area (Å²) in [7, 11) is 1.65. The van der Waals surface area contributed by atoms with Gasteiger partial charge in [0, 0.05) is 5.02 Å². The first-order chi connectivity index (χ1) is 8.69. The monoisotopic (exact) mass is 280 g/mol. The second kappa shape index (κ2) is 6.12. The van der Waals surface area contributed by atoms with Crippen molar-refractivity contribution in [2.75, 3.05) is 7.11 Å². The van der Waals surface area contributed by atoms with Crippen molar-refractivity contribution in [1.82, 2.24) is 0 Å². The van der Waals surface area contributed by atoms with Crippen LogP contribution in [0.25, 0.3) is 0 Å². The van der Waals surface area contributed by atoms with Gasteiger partial charge < -0.3 is 4.74 Å². The Bertz CT molecular complexity index is 491. The molecule has 0 amide bonds. The van der Waals surface area contributed by atoms with Crippen molar-refractivity contribution in [3.05, 3.63) is 64.7 Å². The van der Waals surface area contributed by atoms with Crippen molar-refractivity contribution in [2.45, 2.75) is 11.8 Å². The van der Waals surface area contributed by atoms with Gasteiger partial charge >= 0.3 is 0 Å². The van der Waals surface area contributed by atoms with Gasteiger partial charge in [0.05, 0.1) is 12.5 Å². The van der Waals surface area contributed by atoms with Gasteiger partial charge in [-0.2, -0.15) is 0 Å². The van der Waals surface area contributed by atoms with Crippen LogP contribution in [0.15, 0.2) is 48.5 Å². The molecule has 18 heavy (non-hydrogen) atoms. The molecule has 0 spiro atoms. The Kier molecular flexibility index (Phi) is 4.51. The largest absolute Gasteiger partial charge is 0.497 e. The Morgan fingerprint density at radius 1 is 1.00 bits per heavy atom. The van der Waals surface area contributed by atoms with Crippen LogP contribution in [-0.4, -0.2) is 7.11 Å². The lowest BCUT2D eigenvalue weighted by molar-refractivity contribution is 0.414. The zero-order chi connectivity index (χ0) is 13.0. The topological polar surface area (TPSA) is 9.23 Å². The summed E-state index contributed by atoms with van der Waals surface area (Å²) in [5, 5.41) is 0.700. The van der Waals surface area contributed by atoms with Crippen LogP contribution in [0.2, 0.25) is 5.02 Å². The minimum absolute atomic E-state index is 0.0444. The molecule has 0 bridgehead atoms. The van der Waals surface area contributed by atoms with E-state index in [0.29, 0.717) is 0 Å². The van der Waals surface area contributed by atoms with Gasteiger partial charge in [-0.15, -0.1) is 11.6 Å². The standard InChI is InChI=1S/C15H14Cl2O/c1-18-14-8-4-12(5-9-14)15(17)10-11-2-6-13(16)7-3-11/h2-9,15H,10H2,1H3. The molecule has 1 atom stereocenters. The fraction of sp³-hybridized carbons (Fsp3) is 0.200. The normalized spacial score (nSPS) is 12.2. The first-order valence-corrected chi connectivity index (χ1v) is 6.53. The van der Waals surface area contributed by atoms with Gasteiger partial charge in [-0.3, -0.25) is 0 Å². The Morgan fingerprint density at radius 3 is 2.17 bits per heavy atom. The molecule has 0 saturated heterocycles. The van der Waals surface area contributed by atoms with E-state index in [4.69, 9.17) is 27.9 Å². The van der Waals surface area contributed by atoms with Crippen LogP contribution in [-0.2, 0) is 6.42 Å². The van der Waals surface area contributed by atoms with E-state index in [2.05, 4.69) is 0 Å². The maximum atomic E-state index is 6.40. The SMILES string of the molecule is COc1ccc(C(Cl)Cc2ccc(Cl)cc2)cc1. The third-order valence-electron chi connectivity index (χ3n) is 2.81. The summed E-state index contributed by atoms with van der Waals surface area (Å²) >= 11 is 12.3. The van der Waals surface area contributed by atoms with Gasteiger partial charge in [0.25, 0.3) is 0 Å². The number of hydrogen-bond acceptors (Lipinski definition) is 1. The summed E-state index contributed by atoms with van der Waals surface area (Å²) in [6, 6.07) is 15.6. The Labute approximate surface area is 117 Å². The molecule has 0 fully saturated rings. The van der Waals surface area contributed by atoms with Crippen LogP contribution in [0.5, 0.6) is 5.75 Å². The van der Waals surface area contributed by atoms with Crippen molar-refractivity contribution >= 4 is 23.2 Å². The molecule has 0 aliphatic heterocycles. The average Bonchev–Trinajstić information content (AvgIpc) is 2.41. The van der Waals surface area contributed by atoms with E-state index in [1.165, 1.54) is 5.56 Å². The lowest BCUT2D eigenvalue weighted by Crippen LogP contribution is -1.96. The minimum atomic E-state index is -0.0444. The highest BCUT2D eigenvalue weighted by Gasteiger charge is 2.09. The molecule has 2 rings (SSSR count). The number of hydrogen-bond donors (Lipinski definition) is 0. The zero-order valence-electron chi connectivity index (χ0n) is 10.1. The number of methoxy groups -OCH3 is 1. The third-order valence-corrected chi connectivity index (χ3v) is 3.46. The Balaban J connectivity index is 2.06. The number of ether oxygens (including phenoxy) is 1. The van der Waals surface area contributed by atoms with Crippen molar-refractivity contribution < 1.29 is 4.74 Å². The first-order valence-electron chi connectivity index (χ1n) is 5.71. The molecule has 2 aromatic carbocycles. The van der Waals surface area contributed by atoms with E-state index in [9.17, 15) is 0 Å². The summed E-state index contributed by atoms with van der Waals surface area (Å²) in [6.45, 7) is 0. The summed E-state index contributed by atoms with van der Waals surface area (Å²) in [5.74, 6) is 0.842. The van der Waals surface area contributed by atoms with E-state index >= 15 is 0 Å². The van der Waals surface area contributed by atoms with Gasteiger partial charge in [-0.25, -0.2) is 0 Å². The molecule has 0 aliphatic rings. The quantitative estimate of drug-likeness (QED) is 0.726. The molecule has 1 nitrogen and oxygen atoms in total. The fourth-order valence-corrected chi connectivity index (χ4v) is 2.21. The lowest BCUT2D eigenvalue weighted by Gasteiger charge is -2.10. The van der Waals surface area contributed by atoms with E-state index in [-0.39, 0.29) is 5.38 Å². The highest BCUT2D eigenvalue weighted by atomic mass is 35.5. The second-order valence-electron chi connectivity index (χ2n) is 4.07. The van der Waals surface area contributed by atoms with Gasteiger partial charge in [-0.05, 0) is 41.8 Å². The highest BCUT2D eigenvalue weighted by molar-refractivity contribution is 6.30. The van der Waals surface area contributed by atoms with E-state index < -0.39 is 0 Å². The van der Waals surface area contributed by atoms with Gasteiger partial charge in [0.15, 0.2) is 0 Å². The molecule has 2 aromatic rings. The van der Waals surface area contributed by atoms with Crippen LogP contribution in [0.1, 0.15) is 16.5 Å². The summed E-state index contributed by atoms with van der Waals surface area (Å²) < 4.78 is 5.12. The molecular weight excluding hydrogens is 267 g/mol. The molecule has 0 aliphatic carbocycles. The van der Waals surface area contributed by atoms with Crippen LogP contribution in [0.3, 0.4) is 0 Å². The van der Waals surface area contributed by atoms with Crippen LogP contribution < -0.4 is 4.74 Å². The number of halogens is 2. The molecule has 0 N–H and O–H groups in total. The van der Waals surface area contributed by atoms with Crippen LogP contribution >= 0.6 is 23.2 Å². The van der Waals surface area contributed by atoms with Gasteiger partial charge in [0.2, 0.25) is 0 Å². The van der Waals surface area contributed by atoms with Crippen LogP contribution in [0.4, 0.5) is 0 Å². The molecule has 0 saturated carbocycles. The summed E-state index contributed by atoms with van der Waals surface area (Å²) in [4.78, 5) is 0. The molecule has 94 valence electrons. The van der Waals surface area contributed by atoms with Crippen LogP contribution in [0, 0.1) is 0 Å². The van der Waals surface area contributed by atoms with E-state index in [0.717, 1.165) is 22.8 Å². The maximum absolute atomic E-state index is 6.40. The van der Waals surface area contributed by atoms with Gasteiger partial charge in [0.1, 0.15) is 5.75 Å². The first kappa shape index (κ1) is 13.3. The number of rotatable bonds is 4. The lowest BCUT2D eigenvalue weighted by atomic mass is 10.0.